The van der Waals surface area contributed by atoms with Crippen LogP contribution in [0.4, 0.5) is 21.0 Å². The Balaban J connectivity index is 1.60. The van der Waals surface area contributed by atoms with Crippen LogP contribution in [0.25, 0.3) is 10.8 Å². The maximum atomic E-state index is 12.5. The molecule has 32 heavy (non-hydrogen) atoms. The molecule has 0 bridgehead atoms. The van der Waals surface area contributed by atoms with E-state index >= 15 is 0 Å². The zero-order chi connectivity index (χ0) is 23.0. The second-order valence-corrected chi connectivity index (χ2v) is 9.25. The van der Waals surface area contributed by atoms with Gasteiger partial charge in [-0.05, 0) is 33.8 Å². The van der Waals surface area contributed by atoms with Crippen molar-refractivity contribution in [2.45, 2.75) is 45.8 Å². The van der Waals surface area contributed by atoms with Crippen molar-refractivity contribution in [3.63, 3.8) is 0 Å². The van der Waals surface area contributed by atoms with Crippen molar-refractivity contribution in [2.24, 2.45) is 0 Å². The maximum Gasteiger partial charge on any atom is 0.410 e. The number of ether oxygens (including phenoxy) is 1. The Hall–Kier alpha value is -3.36. The summed E-state index contributed by atoms with van der Waals surface area (Å²) in [5, 5.41) is 4.19. The molecule has 1 atom stereocenters. The first-order chi connectivity index (χ1) is 15.1. The fraction of sp³-hybridized carbons (Fsp3) is 0.478. The van der Waals surface area contributed by atoms with Gasteiger partial charge < -0.3 is 14.5 Å². The van der Waals surface area contributed by atoms with E-state index in [2.05, 4.69) is 22.1 Å². The number of piperazine rings is 1. The minimum Gasteiger partial charge on any atom is -0.444 e. The Morgan fingerprint density at radius 1 is 1.09 bits per heavy atom. The Labute approximate surface area is 187 Å². The molecule has 0 radical (unpaired) electrons. The van der Waals surface area contributed by atoms with Gasteiger partial charge in [-0.3, -0.25) is 20.0 Å². The minimum atomic E-state index is -0.527. The third kappa shape index (κ3) is 4.32. The topological polar surface area (TPSA) is 95.1 Å². The van der Waals surface area contributed by atoms with E-state index in [9.17, 15) is 14.4 Å². The van der Waals surface area contributed by atoms with E-state index in [4.69, 9.17) is 4.74 Å². The lowest BCUT2D eigenvalue weighted by molar-refractivity contribution is -0.120. The average molecular weight is 440 g/mol. The van der Waals surface area contributed by atoms with Crippen LogP contribution in [0.5, 0.6) is 0 Å². The number of hydrogen-bond acceptors (Lipinski definition) is 6. The minimum absolute atomic E-state index is 0.0708. The predicted molar refractivity (Wildman–Crippen MR) is 122 cm³/mol. The van der Waals surface area contributed by atoms with Crippen LogP contribution in [0.1, 0.15) is 34.1 Å². The number of nitrogens with zero attached hydrogens (tertiary/aromatic N) is 4. The monoisotopic (exact) mass is 439 g/mol. The molecule has 170 valence electrons. The van der Waals surface area contributed by atoms with Crippen LogP contribution in [-0.4, -0.2) is 65.7 Å². The highest BCUT2D eigenvalue weighted by atomic mass is 16.6. The molecule has 1 aromatic heterocycles. The molecule has 0 saturated carbocycles. The Morgan fingerprint density at radius 2 is 1.88 bits per heavy atom. The average Bonchev–Trinajstić information content (AvgIpc) is 2.72. The number of hydrogen-bond donors (Lipinski definition) is 1. The Morgan fingerprint density at radius 3 is 2.56 bits per heavy atom. The summed E-state index contributed by atoms with van der Waals surface area (Å²) in [5.74, 6) is -0.267. The number of urea groups is 1. The van der Waals surface area contributed by atoms with Gasteiger partial charge in [0, 0.05) is 61.3 Å². The maximum absolute atomic E-state index is 12.5. The smallest absolute Gasteiger partial charge is 0.410 e. The number of amides is 4. The molecule has 9 nitrogen and oxygen atoms in total. The van der Waals surface area contributed by atoms with Gasteiger partial charge in [0.2, 0.25) is 5.91 Å². The number of nitrogens with one attached hydrogen (secondary N) is 1. The van der Waals surface area contributed by atoms with Crippen molar-refractivity contribution in [2.75, 3.05) is 36.0 Å². The first-order valence-corrected chi connectivity index (χ1v) is 10.9. The van der Waals surface area contributed by atoms with Crippen LogP contribution >= 0.6 is 0 Å². The third-order valence-electron chi connectivity index (χ3n) is 5.69. The van der Waals surface area contributed by atoms with Crippen molar-refractivity contribution in [1.29, 1.82) is 0 Å². The molecular formula is C23H29N5O4. The lowest BCUT2D eigenvalue weighted by atomic mass is 10.1. The van der Waals surface area contributed by atoms with Gasteiger partial charge in [-0.25, -0.2) is 9.59 Å². The number of carbonyl (C=O) groups is 3. The van der Waals surface area contributed by atoms with E-state index in [1.807, 2.05) is 39.0 Å². The van der Waals surface area contributed by atoms with Gasteiger partial charge in [-0.1, -0.05) is 12.1 Å². The van der Waals surface area contributed by atoms with Gasteiger partial charge in [-0.15, -0.1) is 0 Å². The van der Waals surface area contributed by atoms with Gasteiger partial charge in [0.15, 0.2) is 0 Å². The summed E-state index contributed by atoms with van der Waals surface area (Å²) in [7, 11) is 0. The van der Waals surface area contributed by atoms with E-state index in [0.717, 1.165) is 16.5 Å². The zero-order valence-electron chi connectivity index (χ0n) is 18.9. The second-order valence-electron chi connectivity index (χ2n) is 9.25. The van der Waals surface area contributed by atoms with E-state index < -0.39 is 11.6 Å². The molecule has 1 N–H and O–H groups in total. The summed E-state index contributed by atoms with van der Waals surface area (Å²) < 4.78 is 5.53. The Bertz CT molecular complexity index is 1060. The molecule has 0 spiro atoms. The zero-order valence-corrected chi connectivity index (χ0v) is 18.9. The lowest BCUT2D eigenvalue weighted by Crippen LogP contribution is -2.54. The summed E-state index contributed by atoms with van der Waals surface area (Å²) in [6.07, 6.45) is 3.42. The molecule has 2 aromatic rings. The number of imide groups is 1. The molecular weight excluding hydrogens is 410 g/mol. The van der Waals surface area contributed by atoms with E-state index in [-0.39, 0.29) is 24.5 Å². The quantitative estimate of drug-likeness (QED) is 0.773. The third-order valence-corrected chi connectivity index (χ3v) is 5.69. The fourth-order valence-electron chi connectivity index (χ4n) is 4.23. The number of anilines is 2. The highest BCUT2D eigenvalue weighted by Crippen LogP contribution is 2.34. The van der Waals surface area contributed by atoms with Gasteiger partial charge in [0.1, 0.15) is 5.60 Å². The molecule has 4 amide bonds. The van der Waals surface area contributed by atoms with Crippen LogP contribution in [-0.2, 0) is 9.53 Å². The normalized spacial score (nSPS) is 19.9. The van der Waals surface area contributed by atoms with Crippen LogP contribution < -0.4 is 15.1 Å². The summed E-state index contributed by atoms with van der Waals surface area (Å²) in [4.78, 5) is 46.4. The van der Waals surface area contributed by atoms with Gasteiger partial charge in [0.25, 0.3) is 0 Å². The van der Waals surface area contributed by atoms with Crippen molar-refractivity contribution in [3.05, 3.63) is 30.6 Å². The van der Waals surface area contributed by atoms with Crippen LogP contribution in [0.3, 0.4) is 0 Å². The van der Waals surface area contributed by atoms with Gasteiger partial charge >= 0.3 is 12.1 Å². The number of pyridine rings is 1. The predicted octanol–water partition coefficient (Wildman–Crippen LogP) is 3.13. The molecule has 2 fully saturated rings. The summed E-state index contributed by atoms with van der Waals surface area (Å²) in [6.45, 7) is 9.76. The largest absolute Gasteiger partial charge is 0.444 e. The van der Waals surface area contributed by atoms with Gasteiger partial charge in [0.05, 0.1) is 11.9 Å². The highest BCUT2D eigenvalue weighted by molar-refractivity contribution is 6.11. The summed E-state index contributed by atoms with van der Waals surface area (Å²) in [6, 6.07) is 5.59. The Kier molecular flexibility index (Phi) is 5.66. The van der Waals surface area contributed by atoms with Crippen molar-refractivity contribution < 1.29 is 19.1 Å². The van der Waals surface area contributed by atoms with Crippen LogP contribution in [0, 0.1) is 0 Å². The number of benzene rings is 1. The summed E-state index contributed by atoms with van der Waals surface area (Å²) in [5.41, 5.74) is 1.15. The van der Waals surface area contributed by atoms with Crippen molar-refractivity contribution >= 4 is 40.2 Å². The summed E-state index contributed by atoms with van der Waals surface area (Å²) >= 11 is 0. The highest BCUT2D eigenvalue weighted by Gasteiger charge is 2.31. The molecule has 2 aliphatic rings. The molecule has 0 unspecified atom stereocenters. The fourth-order valence-corrected chi connectivity index (χ4v) is 4.23. The number of fused-ring (bicyclic) bond motifs is 1. The molecule has 0 aliphatic carbocycles. The molecule has 3 heterocycles. The van der Waals surface area contributed by atoms with Gasteiger partial charge in [-0.2, -0.15) is 0 Å². The van der Waals surface area contributed by atoms with Crippen LogP contribution in [0.2, 0.25) is 0 Å². The standard InChI is InChI=1S/C23H29N5O4/c1-15-14-26(22(31)32-23(2,3)4)10-11-27(15)18-7-5-6-16-17(18)12-24-13-19(16)28-9-8-20(29)25-21(28)30/h5-7,12-13,15H,8-11,14H2,1-4H3,(H,25,29,30)/t15-/m1/s1. The second kappa shape index (κ2) is 8.29. The molecule has 9 heteroatoms. The number of carbonyl (C=O) groups excluding carboxylic acids is 3. The first-order valence-electron chi connectivity index (χ1n) is 10.9. The van der Waals surface area contributed by atoms with E-state index in [0.29, 0.717) is 31.9 Å². The SMILES string of the molecule is C[C@@H]1CN(C(=O)OC(C)(C)C)CCN1c1cccc2c(N3CCC(=O)NC3=O)cncc12. The number of rotatable bonds is 2. The van der Waals surface area contributed by atoms with E-state index in [1.165, 1.54) is 0 Å². The molecule has 2 saturated heterocycles. The number of aromatic nitrogens is 1. The lowest BCUT2D eigenvalue weighted by Gasteiger charge is -2.42. The van der Waals surface area contributed by atoms with Crippen molar-refractivity contribution in [3.8, 4) is 0 Å². The first kappa shape index (κ1) is 21.9. The molecule has 4 rings (SSSR count). The molecule has 1 aromatic carbocycles. The van der Waals surface area contributed by atoms with E-state index in [1.54, 1.807) is 22.2 Å². The van der Waals surface area contributed by atoms with Crippen LogP contribution in [0.15, 0.2) is 30.6 Å². The molecule has 2 aliphatic heterocycles. The van der Waals surface area contributed by atoms with Crippen molar-refractivity contribution in [1.82, 2.24) is 15.2 Å².